The van der Waals surface area contributed by atoms with Crippen LogP contribution in [0.4, 0.5) is 5.69 Å². The van der Waals surface area contributed by atoms with E-state index in [2.05, 4.69) is 33.4 Å². The minimum absolute atomic E-state index is 0. The first kappa shape index (κ1) is 19.5. The molecule has 24 heavy (non-hydrogen) atoms. The first-order valence-corrected chi connectivity index (χ1v) is 9.23. The summed E-state index contributed by atoms with van der Waals surface area (Å²) in [6.07, 6.45) is 10.0. The van der Waals surface area contributed by atoms with Gasteiger partial charge in [-0.25, -0.2) is 0 Å². The van der Waals surface area contributed by atoms with Gasteiger partial charge < -0.3 is 16.0 Å². The number of benzene rings is 1. The number of rotatable bonds is 6. The van der Waals surface area contributed by atoms with Crippen LogP contribution in [-0.4, -0.2) is 37.0 Å². The lowest BCUT2D eigenvalue weighted by molar-refractivity contribution is 0.331. The molecule has 134 valence electrons. The van der Waals surface area contributed by atoms with Crippen LogP contribution in [0.15, 0.2) is 23.2 Å². The van der Waals surface area contributed by atoms with Crippen molar-refractivity contribution in [2.75, 3.05) is 31.5 Å². The van der Waals surface area contributed by atoms with Gasteiger partial charge in [0.25, 0.3) is 0 Å². The number of nitrogens with two attached hydrogens (primary N) is 1. The lowest BCUT2D eigenvalue weighted by atomic mass is 9.90. The van der Waals surface area contributed by atoms with Gasteiger partial charge in [0.1, 0.15) is 0 Å². The van der Waals surface area contributed by atoms with Crippen LogP contribution in [0, 0.1) is 0 Å². The van der Waals surface area contributed by atoms with Crippen molar-refractivity contribution in [2.45, 2.75) is 51.4 Å². The molecule has 0 saturated carbocycles. The van der Waals surface area contributed by atoms with Crippen molar-refractivity contribution in [3.05, 3.63) is 29.3 Å². The van der Waals surface area contributed by atoms with Crippen LogP contribution >= 0.6 is 24.0 Å². The van der Waals surface area contributed by atoms with Crippen molar-refractivity contribution < 1.29 is 0 Å². The molecular formula is C19H31IN4. The summed E-state index contributed by atoms with van der Waals surface area (Å²) in [5.74, 6) is 0.560. The predicted molar refractivity (Wildman–Crippen MR) is 114 cm³/mol. The van der Waals surface area contributed by atoms with E-state index >= 15 is 0 Å². The molecule has 1 aliphatic carbocycles. The van der Waals surface area contributed by atoms with Crippen molar-refractivity contribution >= 4 is 35.6 Å². The SMILES string of the molecule is I.NC(=NCCCCN1CCCC1)Nc1cccc2c1CCCC2. The minimum Gasteiger partial charge on any atom is -0.370 e. The molecule has 1 heterocycles. The molecule has 3 rings (SSSR count). The monoisotopic (exact) mass is 442 g/mol. The first-order valence-electron chi connectivity index (χ1n) is 9.23. The normalized spacial score (nSPS) is 18.1. The van der Waals surface area contributed by atoms with Gasteiger partial charge in [0.15, 0.2) is 5.96 Å². The number of aliphatic imine (C=N–C) groups is 1. The van der Waals surface area contributed by atoms with E-state index in [0.29, 0.717) is 5.96 Å². The smallest absolute Gasteiger partial charge is 0.193 e. The summed E-state index contributed by atoms with van der Waals surface area (Å²) in [6.45, 7) is 4.61. The summed E-state index contributed by atoms with van der Waals surface area (Å²) in [4.78, 5) is 7.05. The molecule has 4 nitrogen and oxygen atoms in total. The zero-order valence-electron chi connectivity index (χ0n) is 14.6. The zero-order valence-corrected chi connectivity index (χ0v) is 16.9. The van der Waals surface area contributed by atoms with Gasteiger partial charge in [-0.05, 0) is 88.2 Å². The maximum atomic E-state index is 6.07. The first-order chi connectivity index (χ1) is 11.3. The van der Waals surface area contributed by atoms with Crippen LogP contribution in [0.1, 0.15) is 49.7 Å². The fourth-order valence-electron chi connectivity index (χ4n) is 3.73. The van der Waals surface area contributed by atoms with Crippen molar-refractivity contribution in [2.24, 2.45) is 10.7 Å². The summed E-state index contributed by atoms with van der Waals surface area (Å²) in [7, 11) is 0. The number of unbranched alkanes of at least 4 members (excludes halogenated alkanes) is 1. The molecule has 0 radical (unpaired) electrons. The highest BCUT2D eigenvalue weighted by Crippen LogP contribution is 2.27. The third-order valence-electron chi connectivity index (χ3n) is 5.02. The van der Waals surface area contributed by atoms with Gasteiger partial charge in [0.05, 0.1) is 0 Å². The van der Waals surface area contributed by atoms with Gasteiger partial charge in [-0.2, -0.15) is 0 Å². The maximum Gasteiger partial charge on any atom is 0.193 e. The van der Waals surface area contributed by atoms with Crippen LogP contribution in [-0.2, 0) is 12.8 Å². The average Bonchev–Trinajstić information content (AvgIpc) is 3.08. The van der Waals surface area contributed by atoms with E-state index < -0.39 is 0 Å². The second-order valence-electron chi connectivity index (χ2n) is 6.80. The molecule has 1 aromatic rings. The molecule has 0 aromatic heterocycles. The van der Waals surface area contributed by atoms with Crippen LogP contribution in [0.5, 0.6) is 0 Å². The number of anilines is 1. The van der Waals surface area contributed by atoms with Crippen molar-refractivity contribution in [3.63, 3.8) is 0 Å². The second-order valence-corrected chi connectivity index (χ2v) is 6.80. The van der Waals surface area contributed by atoms with Crippen molar-refractivity contribution in [1.29, 1.82) is 0 Å². The van der Waals surface area contributed by atoms with Gasteiger partial charge in [-0.1, -0.05) is 12.1 Å². The minimum atomic E-state index is 0. The molecule has 1 aromatic carbocycles. The number of nitrogens with one attached hydrogen (secondary N) is 1. The number of aryl methyl sites for hydroxylation is 1. The van der Waals surface area contributed by atoms with Crippen LogP contribution in [0.3, 0.4) is 0 Å². The quantitative estimate of drug-likeness (QED) is 0.305. The average molecular weight is 442 g/mol. The Labute approximate surface area is 163 Å². The lowest BCUT2D eigenvalue weighted by Crippen LogP contribution is -2.24. The summed E-state index contributed by atoms with van der Waals surface area (Å²) in [5.41, 5.74) is 10.1. The molecule has 0 atom stereocenters. The molecule has 5 heteroatoms. The highest BCUT2D eigenvalue weighted by atomic mass is 127. The standard InChI is InChI=1S/C19H30N4.HI/c20-19(21-12-3-4-13-23-14-5-6-15-23)22-18-11-7-9-16-8-1-2-10-17(16)18;/h7,9,11H,1-6,8,10,12-15H2,(H3,20,21,22);1H. The fourth-order valence-corrected chi connectivity index (χ4v) is 3.73. The molecule has 1 saturated heterocycles. The molecule has 1 fully saturated rings. The Hall–Kier alpha value is -0.820. The number of nitrogens with zero attached hydrogens (tertiary/aromatic N) is 2. The Morgan fingerprint density at radius 3 is 2.71 bits per heavy atom. The largest absolute Gasteiger partial charge is 0.370 e. The number of halogens is 1. The molecule has 0 amide bonds. The maximum absolute atomic E-state index is 6.07. The Bertz CT molecular complexity index is 538. The summed E-state index contributed by atoms with van der Waals surface area (Å²) >= 11 is 0. The molecule has 0 unspecified atom stereocenters. The van der Waals surface area contributed by atoms with Gasteiger partial charge >= 0.3 is 0 Å². The molecule has 1 aliphatic heterocycles. The second kappa shape index (κ2) is 10.2. The topological polar surface area (TPSA) is 53.6 Å². The van der Waals surface area contributed by atoms with Crippen LogP contribution < -0.4 is 11.1 Å². The van der Waals surface area contributed by atoms with E-state index in [1.54, 1.807) is 0 Å². The molecule has 0 spiro atoms. The zero-order chi connectivity index (χ0) is 15.9. The van der Waals surface area contributed by atoms with E-state index in [9.17, 15) is 0 Å². The third-order valence-corrected chi connectivity index (χ3v) is 5.02. The van der Waals surface area contributed by atoms with E-state index in [-0.39, 0.29) is 24.0 Å². The number of guanidine groups is 1. The van der Waals surface area contributed by atoms with Crippen molar-refractivity contribution in [3.8, 4) is 0 Å². The third kappa shape index (κ3) is 5.62. The molecular weight excluding hydrogens is 411 g/mol. The highest BCUT2D eigenvalue weighted by molar-refractivity contribution is 14.0. The summed E-state index contributed by atoms with van der Waals surface area (Å²) in [6, 6.07) is 6.49. The van der Waals surface area contributed by atoms with E-state index in [1.165, 1.54) is 69.3 Å². The summed E-state index contributed by atoms with van der Waals surface area (Å²) in [5, 5.41) is 3.32. The Morgan fingerprint density at radius 2 is 1.88 bits per heavy atom. The Kier molecular flexibility index (Phi) is 8.32. The predicted octanol–water partition coefficient (Wildman–Crippen LogP) is 3.79. The van der Waals surface area contributed by atoms with Crippen LogP contribution in [0.2, 0.25) is 0 Å². The van der Waals surface area contributed by atoms with Gasteiger partial charge in [0, 0.05) is 12.2 Å². The van der Waals surface area contributed by atoms with Gasteiger partial charge in [-0.3, -0.25) is 4.99 Å². The molecule has 3 N–H and O–H groups in total. The summed E-state index contributed by atoms with van der Waals surface area (Å²) < 4.78 is 0. The number of hydrogen-bond donors (Lipinski definition) is 2. The Balaban J connectivity index is 0.00000208. The number of hydrogen-bond acceptors (Lipinski definition) is 2. The molecule has 2 aliphatic rings. The van der Waals surface area contributed by atoms with Gasteiger partial charge in [0.2, 0.25) is 0 Å². The lowest BCUT2D eigenvalue weighted by Gasteiger charge is -2.19. The highest BCUT2D eigenvalue weighted by Gasteiger charge is 2.13. The molecule has 0 bridgehead atoms. The Morgan fingerprint density at radius 1 is 1.08 bits per heavy atom. The van der Waals surface area contributed by atoms with Crippen LogP contribution in [0.25, 0.3) is 0 Å². The van der Waals surface area contributed by atoms with E-state index in [0.717, 1.165) is 25.1 Å². The van der Waals surface area contributed by atoms with E-state index in [1.807, 2.05) is 0 Å². The van der Waals surface area contributed by atoms with Gasteiger partial charge in [-0.15, -0.1) is 24.0 Å². The fraction of sp³-hybridized carbons (Fsp3) is 0.632. The van der Waals surface area contributed by atoms with Crippen molar-refractivity contribution in [1.82, 2.24) is 4.90 Å². The number of fused-ring (bicyclic) bond motifs is 1. The van der Waals surface area contributed by atoms with E-state index in [4.69, 9.17) is 5.73 Å². The number of likely N-dealkylation sites (tertiary alicyclic amines) is 1.